The largest absolute Gasteiger partial charge is 0.341 e. The molecular formula is C24H31N5O. The number of hydrogen-bond donors (Lipinski definition) is 0. The van der Waals surface area contributed by atoms with E-state index in [0.29, 0.717) is 6.54 Å². The third-order valence-electron chi connectivity index (χ3n) is 5.94. The number of hydrogen-bond acceptors (Lipinski definition) is 4. The highest BCUT2D eigenvalue weighted by molar-refractivity contribution is 5.79. The van der Waals surface area contributed by atoms with Crippen LogP contribution in [0.3, 0.4) is 0 Å². The smallest absolute Gasteiger partial charge is 0.227 e. The predicted molar refractivity (Wildman–Crippen MR) is 119 cm³/mol. The number of nitrogens with zero attached hydrogens (tertiary/aromatic N) is 5. The van der Waals surface area contributed by atoms with E-state index in [2.05, 4.69) is 33.5 Å². The highest BCUT2D eigenvalue weighted by atomic mass is 16.2. The van der Waals surface area contributed by atoms with Crippen LogP contribution in [0.2, 0.25) is 0 Å². The van der Waals surface area contributed by atoms with Crippen molar-refractivity contribution in [2.75, 3.05) is 26.2 Å². The van der Waals surface area contributed by atoms with Crippen molar-refractivity contribution in [2.45, 2.75) is 39.8 Å². The zero-order valence-electron chi connectivity index (χ0n) is 18.0. The number of aryl methyl sites for hydroxylation is 1. The molecule has 4 rings (SSSR count). The first-order chi connectivity index (χ1) is 14.7. The summed E-state index contributed by atoms with van der Waals surface area (Å²) in [5.41, 5.74) is 3.21. The summed E-state index contributed by atoms with van der Waals surface area (Å²) in [6, 6.07) is 14.2. The minimum absolute atomic E-state index is 0.0738. The average Bonchev–Trinajstić information content (AvgIpc) is 2.96. The Morgan fingerprint density at radius 3 is 2.70 bits per heavy atom. The Hall–Kier alpha value is -2.73. The average molecular weight is 406 g/mol. The van der Waals surface area contributed by atoms with Crippen LogP contribution in [0.5, 0.6) is 0 Å². The van der Waals surface area contributed by atoms with Gasteiger partial charge in [0.2, 0.25) is 5.91 Å². The van der Waals surface area contributed by atoms with Crippen molar-refractivity contribution >= 4 is 16.9 Å². The Bertz CT molecular complexity index is 984. The molecule has 1 aromatic carbocycles. The van der Waals surface area contributed by atoms with Gasteiger partial charge in [0.25, 0.3) is 0 Å². The zero-order chi connectivity index (χ0) is 20.9. The molecule has 0 N–H and O–H groups in total. The Labute approximate surface area is 178 Å². The van der Waals surface area contributed by atoms with Crippen LogP contribution in [0.25, 0.3) is 11.0 Å². The highest BCUT2D eigenvalue weighted by Crippen LogP contribution is 2.19. The van der Waals surface area contributed by atoms with Crippen LogP contribution in [-0.4, -0.2) is 56.4 Å². The van der Waals surface area contributed by atoms with Gasteiger partial charge in [0.05, 0.1) is 22.6 Å². The number of pyridine rings is 1. The molecule has 6 heteroatoms. The Morgan fingerprint density at radius 2 is 1.90 bits per heavy atom. The van der Waals surface area contributed by atoms with Crippen LogP contribution >= 0.6 is 0 Å². The van der Waals surface area contributed by atoms with Crippen molar-refractivity contribution in [1.82, 2.24) is 24.3 Å². The maximum Gasteiger partial charge on any atom is 0.227 e. The fourth-order valence-corrected chi connectivity index (χ4v) is 4.33. The molecule has 6 nitrogen and oxygen atoms in total. The second-order valence-corrected chi connectivity index (χ2v) is 8.16. The van der Waals surface area contributed by atoms with Crippen molar-refractivity contribution in [2.24, 2.45) is 5.92 Å². The molecule has 1 atom stereocenters. The van der Waals surface area contributed by atoms with E-state index in [9.17, 15) is 4.79 Å². The third-order valence-corrected chi connectivity index (χ3v) is 5.94. The van der Waals surface area contributed by atoms with Gasteiger partial charge in [0, 0.05) is 51.9 Å². The molecule has 30 heavy (non-hydrogen) atoms. The van der Waals surface area contributed by atoms with Crippen LogP contribution < -0.4 is 0 Å². The summed E-state index contributed by atoms with van der Waals surface area (Å²) in [7, 11) is 0. The summed E-state index contributed by atoms with van der Waals surface area (Å²) in [4.78, 5) is 26.9. The molecule has 3 aromatic rings. The molecule has 1 fully saturated rings. The zero-order valence-corrected chi connectivity index (χ0v) is 18.0. The van der Waals surface area contributed by atoms with Gasteiger partial charge in [-0.05, 0) is 30.7 Å². The first kappa shape index (κ1) is 20.5. The lowest BCUT2D eigenvalue weighted by Gasteiger charge is -2.25. The van der Waals surface area contributed by atoms with E-state index in [1.54, 1.807) is 0 Å². The molecule has 0 aliphatic carbocycles. The molecule has 0 saturated carbocycles. The van der Waals surface area contributed by atoms with Gasteiger partial charge in [-0.1, -0.05) is 32.0 Å². The summed E-state index contributed by atoms with van der Waals surface area (Å²) in [6.07, 6.45) is 3.70. The van der Waals surface area contributed by atoms with Crippen LogP contribution in [0.4, 0.5) is 0 Å². The monoisotopic (exact) mass is 405 g/mol. The van der Waals surface area contributed by atoms with Gasteiger partial charge < -0.3 is 9.47 Å². The fourth-order valence-electron chi connectivity index (χ4n) is 4.33. The van der Waals surface area contributed by atoms with Crippen molar-refractivity contribution in [1.29, 1.82) is 0 Å². The van der Waals surface area contributed by atoms with E-state index >= 15 is 0 Å². The Kier molecular flexibility index (Phi) is 6.43. The number of imidazole rings is 1. The van der Waals surface area contributed by atoms with Gasteiger partial charge in [-0.15, -0.1) is 0 Å². The molecule has 0 radical (unpaired) electrons. The summed E-state index contributed by atoms with van der Waals surface area (Å²) in [5.74, 6) is 1.22. The number of amides is 1. The molecule has 1 aliphatic heterocycles. The number of rotatable bonds is 6. The molecule has 1 amide bonds. The lowest BCUT2D eigenvalue weighted by Crippen LogP contribution is -2.39. The quantitative estimate of drug-likeness (QED) is 0.631. The number of carbonyl (C=O) groups excluding carboxylic acids is 1. The molecule has 0 unspecified atom stereocenters. The lowest BCUT2D eigenvalue weighted by molar-refractivity contribution is -0.135. The van der Waals surface area contributed by atoms with Crippen LogP contribution in [0.15, 0.2) is 48.7 Å². The van der Waals surface area contributed by atoms with Gasteiger partial charge in [-0.3, -0.25) is 14.7 Å². The molecule has 3 heterocycles. The molecule has 1 saturated heterocycles. The van der Waals surface area contributed by atoms with Gasteiger partial charge in [-0.2, -0.15) is 0 Å². The standard InChI is InChI=1S/C24H31N5O/c1-3-23-26-21-10-4-5-11-22(21)29(23)17-19(2)24(30)28-14-8-13-27(15-16-28)18-20-9-6-7-12-25-20/h4-7,9-12,19H,3,8,13-18H2,1-2H3/t19-/m0/s1. The van der Waals surface area contributed by atoms with E-state index in [-0.39, 0.29) is 11.8 Å². The Balaban J connectivity index is 1.40. The van der Waals surface area contributed by atoms with Crippen molar-refractivity contribution < 1.29 is 4.79 Å². The van der Waals surface area contributed by atoms with E-state index < -0.39 is 0 Å². The molecule has 0 bridgehead atoms. The topological polar surface area (TPSA) is 54.3 Å². The summed E-state index contributed by atoms with van der Waals surface area (Å²) in [6.45, 7) is 9.19. The minimum Gasteiger partial charge on any atom is -0.341 e. The van der Waals surface area contributed by atoms with Gasteiger partial charge in [-0.25, -0.2) is 4.98 Å². The van der Waals surface area contributed by atoms with Crippen LogP contribution in [0.1, 0.15) is 31.8 Å². The third kappa shape index (κ3) is 4.54. The normalized spacial score (nSPS) is 16.5. The van der Waals surface area contributed by atoms with Crippen LogP contribution in [0, 0.1) is 5.92 Å². The maximum absolute atomic E-state index is 13.2. The van der Waals surface area contributed by atoms with Crippen molar-refractivity contribution in [3.8, 4) is 0 Å². The number of fused-ring (bicyclic) bond motifs is 1. The second-order valence-electron chi connectivity index (χ2n) is 8.16. The molecule has 158 valence electrons. The highest BCUT2D eigenvalue weighted by Gasteiger charge is 2.25. The van der Waals surface area contributed by atoms with Crippen molar-refractivity contribution in [3.63, 3.8) is 0 Å². The summed E-state index contributed by atoms with van der Waals surface area (Å²) in [5, 5.41) is 0. The SMILES string of the molecule is CCc1nc2ccccc2n1C[C@H](C)C(=O)N1CCCN(Cc2ccccn2)CC1. The van der Waals surface area contributed by atoms with Gasteiger partial charge in [0.1, 0.15) is 5.82 Å². The van der Waals surface area contributed by atoms with Gasteiger partial charge in [0.15, 0.2) is 0 Å². The molecular weight excluding hydrogens is 374 g/mol. The first-order valence-corrected chi connectivity index (χ1v) is 11.0. The van der Waals surface area contributed by atoms with E-state index in [0.717, 1.165) is 68.1 Å². The molecule has 0 spiro atoms. The fraction of sp³-hybridized carbons (Fsp3) is 0.458. The van der Waals surface area contributed by atoms with E-state index in [1.165, 1.54) is 0 Å². The maximum atomic E-state index is 13.2. The lowest BCUT2D eigenvalue weighted by atomic mass is 10.1. The van der Waals surface area contributed by atoms with Gasteiger partial charge >= 0.3 is 0 Å². The van der Waals surface area contributed by atoms with E-state index in [1.807, 2.05) is 48.4 Å². The first-order valence-electron chi connectivity index (χ1n) is 11.0. The van der Waals surface area contributed by atoms with Crippen molar-refractivity contribution in [3.05, 3.63) is 60.2 Å². The molecule has 1 aliphatic rings. The summed E-state index contributed by atoms with van der Waals surface area (Å²) >= 11 is 0. The number of para-hydroxylation sites is 2. The Morgan fingerprint density at radius 1 is 1.07 bits per heavy atom. The summed E-state index contributed by atoms with van der Waals surface area (Å²) < 4.78 is 2.23. The van der Waals surface area contributed by atoms with Crippen LogP contribution in [-0.2, 0) is 24.3 Å². The minimum atomic E-state index is -0.0738. The number of carbonyl (C=O) groups is 1. The number of benzene rings is 1. The number of aromatic nitrogens is 3. The molecule has 2 aromatic heterocycles. The van der Waals surface area contributed by atoms with E-state index in [4.69, 9.17) is 4.98 Å². The second kappa shape index (κ2) is 9.39. The predicted octanol–water partition coefficient (Wildman–Crippen LogP) is 3.36.